The van der Waals surface area contributed by atoms with E-state index in [-0.39, 0.29) is 24.5 Å². The first-order chi connectivity index (χ1) is 18.3. The quantitative estimate of drug-likeness (QED) is 0.399. The van der Waals surface area contributed by atoms with Crippen LogP contribution in [0.5, 0.6) is 0 Å². The van der Waals surface area contributed by atoms with Crippen molar-refractivity contribution in [1.82, 2.24) is 0 Å². The maximum Gasteiger partial charge on any atom is 0.339 e. The highest BCUT2D eigenvalue weighted by Crippen LogP contribution is 2.53. The summed E-state index contributed by atoms with van der Waals surface area (Å²) in [6, 6.07) is 23.2. The highest BCUT2D eigenvalue weighted by atomic mass is 79.9. The highest BCUT2D eigenvalue weighted by Gasteiger charge is 2.65. The SMILES string of the molecule is CC1=C(C(=O)OCc2ccccc2)C2(C(=O)Nc3ccc(Br)cc32)C(C(=O)OCc2ccccc2)C(=N)O1. The van der Waals surface area contributed by atoms with Gasteiger partial charge in [0, 0.05) is 10.2 Å². The van der Waals surface area contributed by atoms with Gasteiger partial charge in [0.25, 0.3) is 0 Å². The normalized spacial score (nSPS) is 20.0. The standard InChI is InChI=1S/C29H23BrN2O6/c1-17-23(26(33)36-15-18-8-4-2-5-9-18)29(21-14-20(30)12-13-22(21)32-28(29)35)24(25(31)38-17)27(34)37-16-19-10-6-3-7-11-19/h2-14,24,31H,15-16H2,1H3,(H,32,35). The summed E-state index contributed by atoms with van der Waals surface area (Å²) < 4.78 is 17.4. The molecule has 0 bridgehead atoms. The Morgan fingerprint density at radius 1 is 0.974 bits per heavy atom. The second kappa shape index (κ2) is 10.3. The molecule has 1 spiro atoms. The number of hydrogen-bond acceptors (Lipinski definition) is 7. The van der Waals surface area contributed by atoms with Gasteiger partial charge in [0.05, 0.1) is 5.57 Å². The number of amides is 1. The average molecular weight is 575 g/mol. The lowest BCUT2D eigenvalue weighted by Crippen LogP contribution is -2.55. The summed E-state index contributed by atoms with van der Waals surface area (Å²) >= 11 is 3.43. The van der Waals surface area contributed by atoms with Crippen LogP contribution in [0.1, 0.15) is 23.6 Å². The lowest BCUT2D eigenvalue weighted by molar-refractivity contribution is -0.153. The van der Waals surface area contributed by atoms with Crippen molar-refractivity contribution in [3.63, 3.8) is 0 Å². The van der Waals surface area contributed by atoms with Gasteiger partial charge in [-0.1, -0.05) is 76.6 Å². The van der Waals surface area contributed by atoms with Gasteiger partial charge in [0.1, 0.15) is 24.4 Å². The van der Waals surface area contributed by atoms with E-state index >= 15 is 0 Å². The van der Waals surface area contributed by atoms with Gasteiger partial charge in [-0.2, -0.15) is 0 Å². The molecule has 1 amide bonds. The third-order valence-corrected chi connectivity index (χ3v) is 7.09. The maximum atomic E-state index is 13.9. The number of halogens is 1. The Hall–Kier alpha value is -4.24. The number of esters is 2. The molecule has 2 unspecified atom stereocenters. The van der Waals surface area contributed by atoms with Gasteiger partial charge < -0.3 is 19.5 Å². The molecule has 2 aliphatic rings. The number of hydrogen-bond donors (Lipinski definition) is 2. The first kappa shape index (κ1) is 25.4. The van der Waals surface area contributed by atoms with Gasteiger partial charge in [-0.15, -0.1) is 0 Å². The van der Waals surface area contributed by atoms with E-state index in [1.165, 1.54) is 6.92 Å². The Kier molecular flexibility index (Phi) is 6.86. The fourth-order valence-electron chi connectivity index (χ4n) is 4.92. The maximum absolute atomic E-state index is 13.9. The number of benzene rings is 3. The van der Waals surface area contributed by atoms with Crippen LogP contribution in [0.2, 0.25) is 0 Å². The Balaban J connectivity index is 1.59. The Morgan fingerprint density at radius 3 is 2.21 bits per heavy atom. The fourth-order valence-corrected chi connectivity index (χ4v) is 5.28. The van der Waals surface area contributed by atoms with Crippen LogP contribution in [0.4, 0.5) is 5.69 Å². The third kappa shape index (κ3) is 4.39. The average Bonchev–Trinajstić information content (AvgIpc) is 3.18. The van der Waals surface area contributed by atoms with Gasteiger partial charge in [0.15, 0.2) is 5.92 Å². The molecule has 2 atom stereocenters. The molecule has 9 heteroatoms. The number of nitrogens with one attached hydrogen (secondary N) is 2. The summed E-state index contributed by atoms with van der Waals surface area (Å²) in [5.74, 6) is -4.41. The molecule has 3 aromatic rings. The predicted molar refractivity (Wildman–Crippen MR) is 142 cm³/mol. The van der Waals surface area contributed by atoms with E-state index in [1.54, 1.807) is 42.5 Å². The van der Waals surface area contributed by atoms with Crippen LogP contribution < -0.4 is 5.32 Å². The number of ether oxygens (including phenoxy) is 3. The Morgan fingerprint density at radius 2 is 1.58 bits per heavy atom. The van der Waals surface area contributed by atoms with Gasteiger partial charge in [-0.3, -0.25) is 15.0 Å². The van der Waals surface area contributed by atoms with Crippen LogP contribution in [0.3, 0.4) is 0 Å². The molecule has 192 valence electrons. The molecule has 2 heterocycles. The lowest BCUT2D eigenvalue weighted by Gasteiger charge is -2.39. The molecule has 3 aromatic carbocycles. The van der Waals surface area contributed by atoms with Crippen LogP contribution in [-0.2, 0) is 47.2 Å². The zero-order chi connectivity index (χ0) is 26.9. The molecule has 0 radical (unpaired) electrons. The fraction of sp³-hybridized carbons (Fsp3) is 0.172. The minimum absolute atomic E-state index is 0.00291. The minimum atomic E-state index is -1.93. The molecule has 0 saturated heterocycles. The molecule has 0 fully saturated rings. The van der Waals surface area contributed by atoms with Crippen molar-refractivity contribution in [3.05, 3.63) is 111 Å². The Labute approximate surface area is 227 Å². The molecule has 0 aromatic heterocycles. The van der Waals surface area contributed by atoms with Crippen molar-refractivity contribution in [2.75, 3.05) is 5.32 Å². The van der Waals surface area contributed by atoms with E-state index in [0.29, 0.717) is 15.7 Å². The van der Waals surface area contributed by atoms with E-state index in [9.17, 15) is 14.4 Å². The highest BCUT2D eigenvalue weighted by molar-refractivity contribution is 9.10. The van der Waals surface area contributed by atoms with Crippen LogP contribution in [0.25, 0.3) is 0 Å². The van der Waals surface area contributed by atoms with Crippen LogP contribution in [-0.4, -0.2) is 23.7 Å². The molecule has 8 nitrogen and oxygen atoms in total. The van der Waals surface area contributed by atoms with E-state index in [1.807, 2.05) is 36.4 Å². The van der Waals surface area contributed by atoms with E-state index in [0.717, 1.165) is 11.1 Å². The van der Waals surface area contributed by atoms with Gasteiger partial charge in [0.2, 0.25) is 11.8 Å². The molecule has 2 aliphatic heterocycles. The van der Waals surface area contributed by atoms with Crippen molar-refractivity contribution in [1.29, 1.82) is 5.41 Å². The monoisotopic (exact) mass is 574 g/mol. The molecule has 38 heavy (non-hydrogen) atoms. The number of rotatable bonds is 6. The topological polar surface area (TPSA) is 115 Å². The number of allylic oxidation sites excluding steroid dienone is 1. The van der Waals surface area contributed by atoms with Crippen LogP contribution >= 0.6 is 15.9 Å². The van der Waals surface area contributed by atoms with Gasteiger partial charge in [-0.05, 0) is 41.8 Å². The summed E-state index contributed by atoms with van der Waals surface area (Å²) in [7, 11) is 0. The van der Waals surface area contributed by atoms with E-state index in [4.69, 9.17) is 19.6 Å². The first-order valence-electron chi connectivity index (χ1n) is 11.8. The molecule has 0 aliphatic carbocycles. The van der Waals surface area contributed by atoms with Crippen molar-refractivity contribution < 1.29 is 28.6 Å². The predicted octanol–water partition coefficient (Wildman–Crippen LogP) is 5.02. The van der Waals surface area contributed by atoms with E-state index < -0.39 is 35.1 Å². The second-order valence-electron chi connectivity index (χ2n) is 8.94. The first-order valence-corrected chi connectivity index (χ1v) is 12.6. The number of carbonyl (C=O) groups excluding carboxylic acids is 3. The van der Waals surface area contributed by atoms with Crippen molar-refractivity contribution in [2.24, 2.45) is 5.92 Å². The number of anilines is 1. The van der Waals surface area contributed by atoms with Crippen LogP contribution in [0, 0.1) is 11.3 Å². The van der Waals surface area contributed by atoms with E-state index in [2.05, 4.69) is 21.2 Å². The summed E-state index contributed by atoms with van der Waals surface area (Å²) in [5.41, 5.74) is 0.148. The largest absolute Gasteiger partial charge is 0.460 e. The smallest absolute Gasteiger partial charge is 0.339 e. The summed E-state index contributed by atoms with van der Waals surface area (Å²) in [6.45, 7) is 1.34. The molecule has 0 saturated carbocycles. The summed E-state index contributed by atoms with van der Waals surface area (Å²) in [4.78, 5) is 41.2. The third-order valence-electron chi connectivity index (χ3n) is 6.59. The molecular formula is C29H23BrN2O6. The summed E-state index contributed by atoms with van der Waals surface area (Å²) in [5, 5.41) is 11.4. The minimum Gasteiger partial charge on any atom is -0.460 e. The van der Waals surface area contributed by atoms with Crippen molar-refractivity contribution in [2.45, 2.75) is 25.6 Å². The second-order valence-corrected chi connectivity index (χ2v) is 9.85. The lowest BCUT2D eigenvalue weighted by atomic mass is 9.64. The summed E-state index contributed by atoms with van der Waals surface area (Å²) in [6.07, 6.45) is 0. The van der Waals surface area contributed by atoms with Gasteiger partial charge in [-0.25, -0.2) is 4.79 Å². The zero-order valence-electron chi connectivity index (χ0n) is 20.3. The van der Waals surface area contributed by atoms with Crippen molar-refractivity contribution in [3.8, 4) is 0 Å². The number of carbonyl (C=O) groups is 3. The van der Waals surface area contributed by atoms with Gasteiger partial charge >= 0.3 is 11.9 Å². The molecule has 2 N–H and O–H groups in total. The zero-order valence-corrected chi connectivity index (χ0v) is 21.9. The Bertz CT molecular complexity index is 1470. The molecular weight excluding hydrogens is 552 g/mol. The molecule has 5 rings (SSSR count). The van der Waals surface area contributed by atoms with Crippen molar-refractivity contribution >= 4 is 45.4 Å². The number of fused-ring (bicyclic) bond motifs is 2. The van der Waals surface area contributed by atoms with Crippen LogP contribution in [0.15, 0.2) is 94.7 Å².